The number of rotatable bonds is 3. The number of imide groups is 1. The van der Waals surface area contributed by atoms with Crippen LogP contribution in [0.1, 0.15) is 28.0 Å². The summed E-state index contributed by atoms with van der Waals surface area (Å²) in [6.07, 6.45) is 2.41. The Balaban J connectivity index is 1.49. The molecule has 0 radical (unpaired) electrons. The lowest BCUT2D eigenvalue weighted by Crippen LogP contribution is -2.49. The number of aromatic amines is 1. The van der Waals surface area contributed by atoms with E-state index in [-0.39, 0.29) is 23.3 Å². The van der Waals surface area contributed by atoms with Crippen LogP contribution in [0.2, 0.25) is 0 Å². The molecule has 0 bridgehead atoms. The van der Waals surface area contributed by atoms with E-state index in [1.807, 2.05) is 0 Å². The highest BCUT2D eigenvalue weighted by atomic mass is 16.2. The van der Waals surface area contributed by atoms with Gasteiger partial charge < -0.3 is 15.6 Å². The van der Waals surface area contributed by atoms with E-state index in [4.69, 9.17) is 0 Å². The number of fused-ring (bicyclic) bond motifs is 1. The van der Waals surface area contributed by atoms with Crippen molar-refractivity contribution in [3.63, 3.8) is 0 Å². The molecule has 4 rings (SSSR count). The average molecular weight is 381 g/mol. The monoisotopic (exact) mass is 381 g/mol. The molecule has 0 atom stereocenters. The highest BCUT2D eigenvalue weighted by Gasteiger charge is 2.24. The predicted octanol–water partition coefficient (Wildman–Crippen LogP) is 0.719. The Labute approximate surface area is 160 Å². The van der Waals surface area contributed by atoms with Gasteiger partial charge in [0.2, 0.25) is 5.91 Å². The van der Waals surface area contributed by atoms with Gasteiger partial charge in [-0.2, -0.15) is 0 Å². The Hall–Kier alpha value is -3.46. The summed E-state index contributed by atoms with van der Waals surface area (Å²) in [5, 5.41) is 8.10. The van der Waals surface area contributed by atoms with E-state index in [1.165, 1.54) is 11.1 Å². The molecule has 0 aliphatic carbocycles. The van der Waals surface area contributed by atoms with Crippen molar-refractivity contribution in [2.24, 2.45) is 0 Å². The van der Waals surface area contributed by atoms with Gasteiger partial charge in [0.1, 0.15) is 5.56 Å². The summed E-state index contributed by atoms with van der Waals surface area (Å²) in [4.78, 5) is 52.7. The van der Waals surface area contributed by atoms with Gasteiger partial charge in [0.05, 0.1) is 0 Å². The Morgan fingerprint density at radius 1 is 1.07 bits per heavy atom. The molecule has 4 N–H and O–H groups in total. The zero-order valence-electron chi connectivity index (χ0n) is 15.0. The van der Waals surface area contributed by atoms with Crippen LogP contribution >= 0.6 is 0 Å². The minimum atomic E-state index is -0.497. The minimum absolute atomic E-state index is 0.0560. The fraction of sp³-hybridized carbons (Fsp3) is 0.263. The van der Waals surface area contributed by atoms with Crippen LogP contribution in [0.15, 0.2) is 35.3 Å². The van der Waals surface area contributed by atoms with Crippen molar-refractivity contribution in [1.82, 2.24) is 15.6 Å². The molecule has 2 aliphatic rings. The van der Waals surface area contributed by atoms with E-state index in [9.17, 15) is 19.2 Å². The normalized spacial score (nSPS) is 16.4. The topological polar surface area (TPSA) is 123 Å². The van der Waals surface area contributed by atoms with Crippen molar-refractivity contribution in [1.29, 1.82) is 0 Å². The van der Waals surface area contributed by atoms with E-state index in [2.05, 4.69) is 20.9 Å². The number of carbonyl (C=O) groups is 3. The third-order valence-electron chi connectivity index (χ3n) is 4.86. The molecule has 144 valence electrons. The van der Waals surface area contributed by atoms with Crippen molar-refractivity contribution in [2.45, 2.75) is 19.4 Å². The maximum absolute atomic E-state index is 12.6. The molecule has 3 heterocycles. The van der Waals surface area contributed by atoms with Crippen LogP contribution in [-0.4, -0.2) is 35.9 Å². The van der Waals surface area contributed by atoms with Crippen LogP contribution < -0.4 is 26.3 Å². The molecule has 0 unspecified atom stereocenters. The lowest BCUT2D eigenvalue weighted by atomic mass is 10.0. The Morgan fingerprint density at radius 3 is 2.61 bits per heavy atom. The fourth-order valence-corrected chi connectivity index (χ4v) is 3.35. The maximum atomic E-state index is 12.6. The lowest BCUT2D eigenvalue weighted by Gasteiger charge is -2.26. The largest absolute Gasteiger partial charge is 0.364 e. The number of anilines is 2. The number of H-pyrrole nitrogens is 1. The highest BCUT2D eigenvalue weighted by Crippen LogP contribution is 2.20. The van der Waals surface area contributed by atoms with Crippen LogP contribution in [0.4, 0.5) is 16.2 Å². The molecule has 1 aromatic heterocycles. The number of urea groups is 1. The van der Waals surface area contributed by atoms with Crippen LogP contribution in [0.3, 0.4) is 0 Å². The molecular weight excluding hydrogens is 362 g/mol. The van der Waals surface area contributed by atoms with Gasteiger partial charge in [-0.05, 0) is 24.3 Å². The number of hydrogen-bond acceptors (Lipinski definition) is 5. The molecule has 28 heavy (non-hydrogen) atoms. The van der Waals surface area contributed by atoms with Crippen LogP contribution in [0.5, 0.6) is 0 Å². The molecule has 9 nitrogen and oxygen atoms in total. The van der Waals surface area contributed by atoms with Crippen molar-refractivity contribution in [3.8, 4) is 0 Å². The highest BCUT2D eigenvalue weighted by molar-refractivity contribution is 6.06. The number of nitrogens with zero attached hydrogens (tertiary/aromatic N) is 1. The van der Waals surface area contributed by atoms with Crippen molar-refractivity contribution >= 4 is 29.2 Å². The zero-order valence-corrected chi connectivity index (χ0v) is 15.0. The van der Waals surface area contributed by atoms with E-state index in [1.54, 1.807) is 24.3 Å². The van der Waals surface area contributed by atoms with E-state index < -0.39 is 11.9 Å². The number of aromatic nitrogens is 1. The van der Waals surface area contributed by atoms with Crippen molar-refractivity contribution in [3.05, 3.63) is 57.5 Å². The molecular formula is C19H19N5O4. The van der Waals surface area contributed by atoms with Crippen molar-refractivity contribution < 1.29 is 14.4 Å². The van der Waals surface area contributed by atoms with Gasteiger partial charge in [0, 0.05) is 61.3 Å². The number of pyridine rings is 1. The number of hydrogen-bond donors (Lipinski definition) is 4. The SMILES string of the molecule is O=C1CCN(c2ccc(NC(=O)c3c[nH]c4c(c3=O)CNCC4)cc2)C(=O)N1. The predicted molar refractivity (Wildman–Crippen MR) is 102 cm³/mol. The summed E-state index contributed by atoms with van der Waals surface area (Å²) >= 11 is 0. The molecule has 1 aromatic carbocycles. The van der Waals surface area contributed by atoms with Gasteiger partial charge in [0.25, 0.3) is 5.91 Å². The summed E-state index contributed by atoms with van der Waals surface area (Å²) in [6.45, 7) is 1.54. The first-order chi connectivity index (χ1) is 13.5. The van der Waals surface area contributed by atoms with Gasteiger partial charge in [-0.1, -0.05) is 0 Å². The van der Waals surface area contributed by atoms with Gasteiger partial charge in [-0.3, -0.25) is 24.6 Å². The van der Waals surface area contributed by atoms with Gasteiger partial charge in [0.15, 0.2) is 5.43 Å². The quantitative estimate of drug-likeness (QED) is 0.624. The summed E-state index contributed by atoms with van der Waals surface area (Å²) in [7, 11) is 0. The summed E-state index contributed by atoms with van der Waals surface area (Å²) in [5.41, 5.74) is 2.35. The number of nitrogens with one attached hydrogen (secondary N) is 4. The Kier molecular flexibility index (Phi) is 4.66. The second-order valence-corrected chi connectivity index (χ2v) is 6.67. The second kappa shape index (κ2) is 7.28. The fourth-order valence-electron chi connectivity index (χ4n) is 3.35. The van der Waals surface area contributed by atoms with Gasteiger partial charge in [-0.15, -0.1) is 0 Å². The van der Waals surface area contributed by atoms with E-state index in [0.717, 1.165) is 18.7 Å². The van der Waals surface area contributed by atoms with Gasteiger partial charge >= 0.3 is 6.03 Å². The van der Waals surface area contributed by atoms with E-state index in [0.29, 0.717) is 30.0 Å². The van der Waals surface area contributed by atoms with Gasteiger partial charge in [-0.25, -0.2) is 4.79 Å². The van der Waals surface area contributed by atoms with Crippen LogP contribution in [-0.2, 0) is 17.8 Å². The molecule has 0 saturated carbocycles. The first kappa shape index (κ1) is 17.9. The minimum Gasteiger partial charge on any atom is -0.364 e. The van der Waals surface area contributed by atoms with Crippen molar-refractivity contribution in [2.75, 3.05) is 23.3 Å². The molecule has 9 heteroatoms. The Morgan fingerprint density at radius 2 is 1.86 bits per heavy atom. The second-order valence-electron chi connectivity index (χ2n) is 6.67. The molecule has 2 aromatic rings. The third kappa shape index (κ3) is 3.39. The number of carbonyl (C=O) groups excluding carboxylic acids is 3. The molecule has 0 spiro atoms. The number of benzene rings is 1. The third-order valence-corrected chi connectivity index (χ3v) is 4.86. The maximum Gasteiger partial charge on any atom is 0.328 e. The lowest BCUT2D eigenvalue weighted by molar-refractivity contribution is -0.120. The summed E-state index contributed by atoms with van der Waals surface area (Å²) < 4.78 is 0. The standard InChI is InChI=1S/C19H19N5O4/c25-16-6-8-24(19(28)23-16)12-3-1-11(2-4-12)22-18(27)14-10-21-15-5-7-20-9-13(15)17(14)26/h1-4,10,20H,5-9H2,(H,21,26)(H,22,27)(H,23,25,28). The molecule has 1 fully saturated rings. The van der Waals surface area contributed by atoms with Crippen LogP contribution in [0.25, 0.3) is 0 Å². The Bertz CT molecular complexity index is 1010. The molecule has 1 saturated heterocycles. The van der Waals surface area contributed by atoms with Crippen LogP contribution in [0, 0.1) is 0 Å². The smallest absolute Gasteiger partial charge is 0.328 e. The summed E-state index contributed by atoms with van der Waals surface area (Å²) in [6, 6.07) is 6.16. The first-order valence-corrected chi connectivity index (χ1v) is 9.00. The number of amides is 4. The molecule has 4 amide bonds. The average Bonchev–Trinajstić information content (AvgIpc) is 2.69. The first-order valence-electron chi connectivity index (χ1n) is 9.00. The van der Waals surface area contributed by atoms with E-state index >= 15 is 0 Å². The summed E-state index contributed by atoms with van der Waals surface area (Å²) in [5.74, 6) is -0.792. The molecule has 2 aliphatic heterocycles. The zero-order chi connectivity index (χ0) is 19.7.